The highest BCUT2D eigenvalue weighted by atomic mass is 19.1. The normalized spacial score (nSPS) is 16.9. The van der Waals surface area contributed by atoms with Gasteiger partial charge in [0.1, 0.15) is 18.2 Å². The molecular weight excluding hydrogens is 433 g/mol. The number of carbonyl (C=O) groups is 1. The number of amides is 1. The van der Waals surface area contributed by atoms with Gasteiger partial charge in [-0.2, -0.15) is 0 Å². The molecule has 2 atom stereocenters. The summed E-state index contributed by atoms with van der Waals surface area (Å²) in [5.41, 5.74) is 2.72. The van der Waals surface area contributed by atoms with Crippen LogP contribution in [0, 0.1) is 5.82 Å². The number of carbonyl (C=O) groups excluding carboxylic acids is 1. The van der Waals surface area contributed by atoms with E-state index in [1.165, 1.54) is 12.1 Å². The summed E-state index contributed by atoms with van der Waals surface area (Å²) in [5, 5.41) is 6.73. The molecule has 1 fully saturated rings. The maximum Gasteiger partial charge on any atom is 0.240 e. The van der Waals surface area contributed by atoms with E-state index in [4.69, 9.17) is 9.47 Å². The SMILES string of the molecule is C=C(C)N[C@@H](Cc1cc(F)cc(OCCOCC)c1)C[C@@H]1NCCN(Cc2ccccc2)C1=O. The summed E-state index contributed by atoms with van der Waals surface area (Å²) in [5.74, 6) is 0.214. The minimum Gasteiger partial charge on any atom is -0.491 e. The summed E-state index contributed by atoms with van der Waals surface area (Å²) in [4.78, 5) is 15.1. The molecule has 7 heteroatoms. The Hall–Kier alpha value is -2.90. The van der Waals surface area contributed by atoms with Crippen LogP contribution in [-0.4, -0.2) is 55.8 Å². The van der Waals surface area contributed by atoms with Gasteiger partial charge in [0.25, 0.3) is 0 Å². The average molecular weight is 470 g/mol. The molecule has 0 radical (unpaired) electrons. The topological polar surface area (TPSA) is 62.8 Å². The molecule has 0 spiro atoms. The van der Waals surface area contributed by atoms with Crippen molar-refractivity contribution in [3.8, 4) is 5.75 Å². The first-order valence-electron chi connectivity index (χ1n) is 11.9. The number of piperazine rings is 1. The lowest BCUT2D eigenvalue weighted by Gasteiger charge is -2.35. The highest BCUT2D eigenvalue weighted by Crippen LogP contribution is 2.20. The van der Waals surface area contributed by atoms with Crippen LogP contribution in [-0.2, 0) is 22.5 Å². The molecule has 1 heterocycles. The van der Waals surface area contributed by atoms with Crippen molar-refractivity contribution in [2.24, 2.45) is 0 Å². The first-order valence-corrected chi connectivity index (χ1v) is 11.9. The van der Waals surface area contributed by atoms with Crippen LogP contribution in [0.15, 0.2) is 60.8 Å². The van der Waals surface area contributed by atoms with Gasteiger partial charge in [-0.15, -0.1) is 0 Å². The van der Waals surface area contributed by atoms with E-state index in [-0.39, 0.29) is 23.8 Å². The summed E-state index contributed by atoms with van der Waals surface area (Å²) < 4.78 is 25.2. The van der Waals surface area contributed by atoms with E-state index < -0.39 is 0 Å². The fourth-order valence-electron chi connectivity index (χ4n) is 4.23. The van der Waals surface area contributed by atoms with Gasteiger partial charge in [0.05, 0.1) is 12.6 Å². The van der Waals surface area contributed by atoms with Crippen molar-refractivity contribution in [3.63, 3.8) is 0 Å². The molecule has 184 valence electrons. The Bertz CT molecular complexity index is 938. The highest BCUT2D eigenvalue weighted by Gasteiger charge is 2.30. The van der Waals surface area contributed by atoms with Gasteiger partial charge in [0, 0.05) is 44.0 Å². The number of allylic oxidation sites excluding steroid dienone is 1. The summed E-state index contributed by atoms with van der Waals surface area (Å²) in [6.07, 6.45) is 1.10. The lowest BCUT2D eigenvalue weighted by molar-refractivity contribution is -0.136. The van der Waals surface area contributed by atoms with Crippen molar-refractivity contribution in [2.45, 2.75) is 45.3 Å². The van der Waals surface area contributed by atoms with E-state index >= 15 is 0 Å². The number of benzene rings is 2. The number of halogens is 1. The molecule has 6 nitrogen and oxygen atoms in total. The first kappa shape index (κ1) is 25.7. The van der Waals surface area contributed by atoms with E-state index in [1.54, 1.807) is 0 Å². The smallest absolute Gasteiger partial charge is 0.240 e. The first-order chi connectivity index (χ1) is 16.4. The van der Waals surface area contributed by atoms with Crippen LogP contribution >= 0.6 is 0 Å². The molecule has 3 rings (SSSR count). The molecule has 1 amide bonds. The molecule has 0 bridgehead atoms. The number of nitrogens with zero attached hydrogens (tertiary/aromatic N) is 1. The highest BCUT2D eigenvalue weighted by molar-refractivity contribution is 5.82. The van der Waals surface area contributed by atoms with Crippen LogP contribution in [0.1, 0.15) is 31.4 Å². The fourth-order valence-corrected chi connectivity index (χ4v) is 4.23. The van der Waals surface area contributed by atoms with Gasteiger partial charge >= 0.3 is 0 Å². The summed E-state index contributed by atoms with van der Waals surface area (Å²) in [7, 11) is 0. The lowest BCUT2D eigenvalue weighted by atomic mass is 9.97. The van der Waals surface area contributed by atoms with Gasteiger partial charge in [-0.05, 0) is 49.9 Å². The standard InChI is InChI=1S/C27H36FN3O3/c1-4-33-12-13-34-25-16-22(14-23(28)17-25)15-24(30-20(2)3)18-26-27(32)31(11-10-29-26)19-21-8-6-5-7-9-21/h5-9,14,16-17,24,26,29-30H,2,4,10-13,15,18-19H2,1,3H3/t24-,26-/m0/s1. The summed E-state index contributed by atoms with van der Waals surface area (Å²) in [6.45, 7) is 11.2. The molecule has 0 aromatic heterocycles. The second-order valence-electron chi connectivity index (χ2n) is 8.65. The third kappa shape index (κ3) is 8.15. The summed E-state index contributed by atoms with van der Waals surface area (Å²) >= 11 is 0. The van der Waals surface area contributed by atoms with Gasteiger partial charge in [-0.25, -0.2) is 4.39 Å². The third-order valence-corrected chi connectivity index (χ3v) is 5.68. The minimum absolute atomic E-state index is 0.0859. The zero-order chi connectivity index (χ0) is 24.3. The van der Waals surface area contributed by atoms with E-state index in [1.807, 2.05) is 55.1 Å². The number of hydrogen-bond donors (Lipinski definition) is 2. The molecule has 0 saturated carbocycles. The Morgan fingerprint density at radius 1 is 1.24 bits per heavy atom. The van der Waals surface area contributed by atoms with Crippen LogP contribution in [0.3, 0.4) is 0 Å². The largest absolute Gasteiger partial charge is 0.491 e. The van der Waals surface area contributed by atoms with Crippen molar-refractivity contribution in [2.75, 3.05) is 32.9 Å². The second-order valence-corrected chi connectivity index (χ2v) is 8.65. The Morgan fingerprint density at radius 2 is 2.03 bits per heavy atom. The molecule has 1 saturated heterocycles. The summed E-state index contributed by atoms with van der Waals surface area (Å²) in [6, 6.07) is 14.4. The molecule has 1 aliphatic heterocycles. The Kier molecular flexibility index (Phi) is 9.91. The van der Waals surface area contributed by atoms with Crippen molar-refractivity contribution in [1.29, 1.82) is 0 Å². The van der Waals surface area contributed by atoms with Gasteiger partial charge in [0.2, 0.25) is 5.91 Å². The molecule has 2 aromatic carbocycles. The van der Waals surface area contributed by atoms with Crippen molar-refractivity contribution in [1.82, 2.24) is 15.5 Å². The van der Waals surface area contributed by atoms with Crippen LogP contribution in [0.25, 0.3) is 0 Å². The maximum absolute atomic E-state index is 14.3. The predicted molar refractivity (Wildman–Crippen MR) is 132 cm³/mol. The van der Waals surface area contributed by atoms with Crippen molar-refractivity contribution >= 4 is 5.91 Å². The van der Waals surface area contributed by atoms with E-state index in [9.17, 15) is 9.18 Å². The van der Waals surface area contributed by atoms with Crippen LogP contribution in [0.5, 0.6) is 5.75 Å². The molecule has 2 N–H and O–H groups in total. The average Bonchev–Trinajstić information content (AvgIpc) is 2.79. The number of hydrogen-bond acceptors (Lipinski definition) is 5. The Morgan fingerprint density at radius 3 is 2.76 bits per heavy atom. The van der Waals surface area contributed by atoms with Crippen LogP contribution < -0.4 is 15.4 Å². The van der Waals surface area contributed by atoms with Crippen molar-refractivity contribution in [3.05, 3.63) is 77.8 Å². The Labute approximate surface area is 202 Å². The van der Waals surface area contributed by atoms with Gasteiger partial charge in [-0.3, -0.25) is 4.79 Å². The molecule has 1 aliphatic rings. The second kappa shape index (κ2) is 13.1. The Balaban J connectivity index is 1.65. The maximum atomic E-state index is 14.3. The molecule has 2 aromatic rings. The zero-order valence-electron chi connectivity index (χ0n) is 20.2. The van der Waals surface area contributed by atoms with E-state index in [2.05, 4.69) is 17.2 Å². The van der Waals surface area contributed by atoms with E-state index in [0.29, 0.717) is 51.5 Å². The zero-order valence-corrected chi connectivity index (χ0v) is 20.2. The van der Waals surface area contributed by atoms with Gasteiger partial charge in [0.15, 0.2) is 0 Å². The number of rotatable bonds is 13. The molecule has 34 heavy (non-hydrogen) atoms. The predicted octanol–water partition coefficient (Wildman–Crippen LogP) is 3.67. The van der Waals surface area contributed by atoms with E-state index in [0.717, 1.165) is 23.4 Å². The quantitative estimate of drug-likeness (QED) is 0.439. The van der Waals surface area contributed by atoms with Crippen LogP contribution in [0.4, 0.5) is 4.39 Å². The van der Waals surface area contributed by atoms with Crippen LogP contribution in [0.2, 0.25) is 0 Å². The molecule has 0 unspecified atom stereocenters. The monoisotopic (exact) mass is 469 g/mol. The number of nitrogens with one attached hydrogen (secondary N) is 2. The van der Waals surface area contributed by atoms with Gasteiger partial charge < -0.3 is 25.0 Å². The van der Waals surface area contributed by atoms with Gasteiger partial charge in [-0.1, -0.05) is 36.9 Å². The molecular formula is C27H36FN3O3. The lowest BCUT2D eigenvalue weighted by Crippen LogP contribution is -2.56. The minimum atomic E-state index is -0.348. The van der Waals surface area contributed by atoms with Crippen molar-refractivity contribution < 1.29 is 18.7 Å². The third-order valence-electron chi connectivity index (χ3n) is 5.68. The molecule has 0 aliphatic carbocycles. The number of ether oxygens (including phenoxy) is 2. The fraction of sp³-hybridized carbons (Fsp3) is 0.444.